The predicted octanol–water partition coefficient (Wildman–Crippen LogP) is 8.43. The maximum absolute atomic E-state index is 15.1. The molecule has 3 rings (SSSR count). The first-order valence-electron chi connectivity index (χ1n) is 15.9. The molecule has 242 valence electrons. The summed E-state index contributed by atoms with van der Waals surface area (Å²) < 4.78 is 46.0. The average molecular weight is 615 g/mol. The highest BCUT2D eigenvalue weighted by Gasteiger charge is 2.35. The van der Waals surface area contributed by atoms with Gasteiger partial charge in [-0.3, -0.25) is 4.79 Å². The van der Waals surface area contributed by atoms with Crippen LogP contribution in [0.15, 0.2) is 60.7 Å². The van der Waals surface area contributed by atoms with E-state index in [-0.39, 0.29) is 47.9 Å². The van der Waals surface area contributed by atoms with E-state index in [1.807, 2.05) is 12.1 Å². The van der Waals surface area contributed by atoms with Crippen LogP contribution >= 0.6 is 0 Å². The lowest BCUT2D eigenvalue weighted by Crippen LogP contribution is -2.22. The third-order valence-electron chi connectivity index (χ3n) is 8.46. The Hall–Kier alpha value is -3.26. The minimum absolute atomic E-state index is 0.00549. The topological polar surface area (TPSA) is 82.1 Å². The number of aliphatic hydroxyl groups excluding tert-OH is 1. The van der Waals surface area contributed by atoms with Crippen molar-refractivity contribution in [2.45, 2.75) is 96.5 Å². The normalized spacial score (nSPS) is 17.6. The number of hydrogen-bond acceptors (Lipinski definition) is 6. The number of aliphatic hydroxyl groups is 1. The van der Waals surface area contributed by atoms with Crippen LogP contribution in [0.5, 0.6) is 5.75 Å². The van der Waals surface area contributed by atoms with Gasteiger partial charge < -0.3 is 19.3 Å². The smallest absolute Gasteiger partial charge is 0.426 e. The Balaban J connectivity index is 1.60. The van der Waals surface area contributed by atoms with E-state index < -0.39 is 18.7 Å². The lowest BCUT2D eigenvalue weighted by Gasteiger charge is -2.29. The summed E-state index contributed by atoms with van der Waals surface area (Å²) in [6.45, 7) is 8.62. The fourth-order valence-electron chi connectivity index (χ4n) is 5.59. The molecular weight excluding hydrogens is 566 g/mol. The number of esters is 2. The number of alkyl halides is 2. The van der Waals surface area contributed by atoms with Gasteiger partial charge in [0, 0.05) is 5.92 Å². The van der Waals surface area contributed by atoms with E-state index >= 15 is 8.78 Å². The first-order chi connectivity index (χ1) is 21.0. The highest BCUT2D eigenvalue weighted by molar-refractivity contribution is 5.87. The summed E-state index contributed by atoms with van der Waals surface area (Å²) in [4.78, 5) is 23.9. The van der Waals surface area contributed by atoms with Crippen molar-refractivity contribution in [2.24, 2.45) is 11.8 Å². The van der Waals surface area contributed by atoms with Crippen LogP contribution in [0.3, 0.4) is 0 Å². The van der Waals surface area contributed by atoms with Crippen LogP contribution in [-0.4, -0.2) is 36.9 Å². The number of unbranched alkanes of at least 4 members (excludes halogenated alkanes) is 2. The zero-order valence-electron chi connectivity index (χ0n) is 26.4. The molecule has 0 heterocycles. The van der Waals surface area contributed by atoms with Gasteiger partial charge in [0.05, 0.1) is 36.9 Å². The van der Waals surface area contributed by atoms with Gasteiger partial charge in [-0.1, -0.05) is 77.3 Å². The van der Waals surface area contributed by atoms with Gasteiger partial charge in [-0.15, -0.1) is 0 Å². The molecule has 8 heteroatoms. The zero-order chi connectivity index (χ0) is 32.1. The van der Waals surface area contributed by atoms with Gasteiger partial charge in [0.15, 0.2) is 0 Å². The van der Waals surface area contributed by atoms with E-state index in [1.165, 1.54) is 62.8 Å². The third kappa shape index (κ3) is 10.7. The van der Waals surface area contributed by atoms with E-state index in [2.05, 4.69) is 13.5 Å². The van der Waals surface area contributed by atoms with Crippen molar-refractivity contribution in [1.82, 2.24) is 0 Å². The van der Waals surface area contributed by atoms with E-state index in [0.29, 0.717) is 17.9 Å². The quantitative estimate of drug-likeness (QED) is 0.109. The van der Waals surface area contributed by atoms with Crippen molar-refractivity contribution >= 4 is 11.9 Å². The van der Waals surface area contributed by atoms with Crippen LogP contribution in [0.1, 0.15) is 107 Å². The van der Waals surface area contributed by atoms with Crippen molar-refractivity contribution in [3.05, 3.63) is 77.4 Å². The second kappa shape index (κ2) is 17.3. The summed E-state index contributed by atoms with van der Waals surface area (Å²) in [6.07, 6.45) is 6.53. The van der Waals surface area contributed by atoms with Gasteiger partial charge in [0.1, 0.15) is 5.75 Å². The van der Waals surface area contributed by atoms with Crippen LogP contribution in [-0.2, 0) is 25.2 Å². The van der Waals surface area contributed by atoms with Crippen LogP contribution in [0, 0.1) is 11.8 Å². The summed E-state index contributed by atoms with van der Waals surface area (Å²) in [5, 5.41) is 9.05. The maximum Gasteiger partial charge on any atom is 0.426 e. The van der Waals surface area contributed by atoms with Crippen molar-refractivity contribution in [2.75, 3.05) is 19.8 Å². The van der Waals surface area contributed by atoms with Crippen molar-refractivity contribution in [1.29, 1.82) is 0 Å². The molecule has 1 aliphatic carbocycles. The largest absolute Gasteiger partial charge is 0.465 e. The van der Waals surface area contributed by atoms with Gasteiger partial charge in [-0.25, -0.2) is 4.79 Å². The summed E-state index contributed by atoms with van der Waals surface area (Å²) in [5.41, 5.74) is 1.55. The highest BCUT2D eigenvalue weighted by Crippen LogP contribution is 2.39. The SMILES string of the molecule is C=C(CO)C(=O)OCCC(COC(=O)C(C)C)c1ccc(OC(F)(F)c2ccc(C3CCC(CCCCC)CC3)cc2)cc1. The van der Waals surface area contributed by atoms with Crippen LogP contribution < -0.4 is 4.74 Å². The molecule has 0 bridgehead atoms. The van der Waals surface area contributed by atoms with Gasteiger partial charge in [0.2, 0.25) is 0 Å². The first kappa shape index (κ1) is 35.2. The number of hydrogen-bond donors (Lipinski definition) is 1. The summed E-state index contributed by atoms with van der Waals surface area (Å²) in [5.74, 6) is -0.561. The number of rotatable bonds is 17. The van der Waals surface area contributed by atoms with Crippen molar-refractivity contribution < 1.29 is 37.7 Å². The minimum atomic E-state index is -3.52. The van der Waals surface area contributed by atoms with E-state index in [9.17, 15) is 9.59 Å². The monoisotopic (exact) mass is 614 g/mol. The van der Waals surface area contributed by atoms with Crippen molar-refractivity contribution in [3.8, 4) is 5.75 Å². The molecule has 6 nitrogen and oxygen atoms in total. The fraction of sp³-hybridized carbons (Fsp3) is 0.556. The summed E-state index contributed by atoms with van der Waals surface area (Å²) >= 11 is 0. The number of carbonyl (C=O) groups excluding carboxylic acids is 2. The fourth-order valence-corrected chi connectivity index (χ4v) is 5.59. The zero-order valence-corrected chi connectivity index (χ0v) is 26.4. The summed E-state index contributed by atoms with van der Waals surface area (Å²) in [7, 11) is 0. The van der Waals surface area contributed by atoms with Crippen LogP contribution in [0.4, 0.5) is 8.78 Å². The van der Waals surface area contributed by atoms with Crippen LogP contribution in [0.25, 0.3) is 0 Å². The van der Waals surface area contributed by atoms with Crippen molar-refractivity contribution in [3.63, 3.8) is 0 Å². The molecule has 0 aromatic heterocycles. The Kier molecular flexibility index (Phi) is 13.8. The molecule has 1 N–H and O–H groups in total. The Morgan fingerprint density at radius 1 is 0.977 bits per heavy atom. The lowest BCUT2D eigenvalue weighted by atomic mass is 9.77. The lowest BCUT2D eigenvalue weighted by molar-refractivity contribution is -0.185. The standard InChI is InChI=1S/C36H48F2O6/c1-5-6-7-8-27-9-11-28(12-10-27)29-13-17-32(18-14-29)36(37,38)44-33-19-15-30(16-20-33)31(24-43-34(40)25(2)3)21-22-42-35(41)26(4)23-39/h13-20,25,27-28,31,39H,4-12,21-24H2,1-3H3. The third-order valence-corrected chi connectivity index (χ3v) is 8.46. The molecule has 1 aliphatic rings. The molecule has 44 heavy (non-hydrogen) atoms. The number of carbonyl (C=O) groups is 2. The van der Waals surface area contributed by atoms with Gasteiger partial charge >= 0.3 is 18.0 Å². The average Bonchev–Trinajstić information content (AvgIpc) is 3.02. The molecule has 1 saturated carbocycles. The second-order valence-corrected chi connectivity index (χ2v) is 12.2. The van der Waals surface area contributed by atoms with Gasteiger partial charge in [0.25, 0.3) is 0 Å². The molecule has 2 aromatic rings. The van der Waals surface area contributed by atoms with E-state index in [1.54, 1.807) is 26.0 Å². The molecule has 0 saturated heterocycles. The van der Waals surface area contributed by atoms with E-state index in [0.717, 1.165) is 24.3 Å². The molecule has 1 unspecified atom stereocenters. The highest BCUT2D eigenvalue weighted by atomic mass is 19.3. The Labute approximate surface area is 260 Å². The Morgan fingerprint density at radius 2 is 1.64 bits per heavy atom. The van der Waals surface area contributed by atoms with Gasteiger partial charge in [-0.05, 0) is 79.3 Å². The Bertz CT molecular complexity index is 1180. The molecule has 1 atom stereocenters. The van der Waals surface area contributed by atoms with Crippen LogP contribution in [0.2, 0.25) is 0 Å². The first-order valence-corrected chi connectivity index (χ1v) is 15.9. The molecule has 0 amide bonds. The molecular formula is C36H48F2O6. The number of halogens is 2. The molecule has 0 aliphatic heterocycles. The predicted molar refractivity (Wildman–Crippen MR) is 167 cm³/mol. The second-order valence-electron chi connectivity index (χ2n) is 12.2. The Morgan fingerprint density at radius 3 is 2.23 bits per heavy atom. The molecule has 2 aromatic carbocycles. The van der Waals surface area contributed by atoms with Gasteiger partial charge in [-0.2, -0.15) is 8.78 Å². The molecule has 1 fully saturated rings. The number of benzene rings is 2. The molecule has 0 spiro atoms. The maximum atomic E-state index is 15.1. The minimum Gasteiger partial charge on any atom is -0.465 e. The number of ether oxygens (including phenoxy) is 3. The summed E-state index contributed by atoms with van der Waals surface area (Å²) in [6, 6.07) is 12.7. The molecule has 0 radical (unpaired) electrons. The van der Waals surface area contributed by atoms with E-state index in [4.69, 9.17) is 19.3 Å².